The van der Waals surface area contributed by atoms with Gasteiger partial charge in [0, 0.05) is 24.7 Å². The average Bonchev–Trinajstić information content (AvgIpc) is 3.11. The molecule has 100 valence electrons. The molecular formula is C16H26N2. The lowest BCUT2D eigenvalue weighted by Crippen LogP contribution is -2.35. The molecular weight excluding hydrogens is 220 g/mol. The summed E-state index contributed by atoms with van der Waals surface area (Å²) in [6, 6.07) is 9.85. The van der Waals surface area contributed by atoms with E-state index < -0.39 is 0 Å². The van der Waals surface area contributed by atoms with E-state index in [4.69, 9.17) is 0 Å². The zero-order chi connectivity index (χ0) is 13.2. The summed E-state index contributed by atoms with van der Waals surface area (Å²) in [4.78, 5) is 2.46. The van der Waals surface area contributed by atoms with Crippen molar-refractivity contribution in [2.45, 2.75) is 58.3 Å². The van der Waals surface area contributed by atoms with Crippen molar-refractivity contribution >= 4 is 0 Å². The van der Waals surface area contributed by atoms with Crippen LogP contribution in [0.25, 0.3) is 0 Å². The Balaban J connectivity index is 1.84. The topological polar surface area (TPSA) is 15.3 Å². The highest BCUT2D eigenvalue weighted by atomic mass is 15.1. The molecule has 1 aromatic carbocycles. The van der Waals surface area contributed by atoms with Crippen LogP contribution in [-0.4, -0.2) is 23.5 Å². The maximum absolute atomic E-state index is 3.52. The van der Waals surface area contributed by atoms with E-state index >= 15 is 0 Å². The summed E-state index contributed by atoms with van der Waals surface area (Å²) in [5, 5.41) is 3.52. The molecule has 1 aromatic rings. The summed E-state index contributed by atoms with van der Waals surface area (Å²) in [6.07, 6.45) is 2.76. The highest BCUT2D eigenvalue weighted by Gasteiger charge is 2.25. The van der Waals surface area contributed by atoms with Gasteiger partial charge >= 0.3 is 0 Å². The van der Waals surface area contributed by atoms with E-state index in [0.717, 1.165) is 19.1 Å². The van der Waals surface area contributed by atoms with Crippen LogP contribution in [0.15, 0.2) is 24.3 Å². The first-order chi connectivity index (χ1) is 8.44. The minimum absolute atomic E-state index is 0.185. The Morgan fingerprint density at radius 3 is 2.17 bits per heavy atom. The maximum atomic E-state index is 3.52. The number of nitrogens with one attached hydrogen (secondary N) is 1. The summed E-state index contributed by atoms with van der Waals surface area (Å²) in [5.74, 6) is 0. The monoisotopic (exact) mass is 246 g/mol. The SMILES string of the molecule is CN(Cc1ccc(CNC(C)(C)C)cc1)C1CC1. The zero-order valence-electron chi connectivity index (χ0n) is 12.2. The van der Waals surface area contributed by atoms with Gasteiger partial charge in [-0.1, -0.05) is 24.3 Å². The normalized spacial score (nSPS) is 16.3. The Kier molecular flexibility index (Phi) is 4.08. The molecule has 2 nitrogen and oxygen atoms in total. The lowest BCUT2D eigenvalue weighted by Gasteiger charge is -2.21. The predicted octanol–water partition coefficient (Wildman–Crippen LogP) is 3.17. The second-order valence-electron chi connectivity index (χ2n) is 6.57. The van der Waals surface area contributed by atoms with E-state index in [1.165, 1.54) is 24.0 Å². The number of hydrogen-bond acceptors (Lipinski definition) is 2. The molecule has 0 amide bonds. The van der Waals surface area contributed by atoms with Crippen molar-refractivity contribution in [3.8, 4) is 0 Å². The summed E-state index contributed by atoms with van der Waals surface area (Å²) in [5.41, 5.74) is 2.97. The third-order valence-electron chi connectivity index (χ3n) is 3.45. The molecule has 2 heteroatoms. The Bertz CT molecular complexity index is 371. The number of nitrogens with zero attached hydrogens (tertiary/aromatic N) is 1. The van der Waals surface area contributed by atoms with Crippen LogP contribution < -0.4 is 5.32 Å². The molecule has 0 unspecified atom stereocenters. The Labute approximate surface area is 111 Å². The highest BCUT2D eigenvalue weighted by Crippen LogP contribution is 2.26. The summed E-state index contributed by atoms with van der Waals surface area (Å²) >= 11 is 0. The third kappa shape index (κ3) is 4.43. The Morgan fingerprint density at radius 1 is 1.11 bits per heavy atom. The van der Waals surface area contributed by atoms with Crippen LogP contribution in [-0.2, 0) is 13.1 Å². The quantitative estimate of drug-likeness (QED) is 0.858. The van der Waals surface area contributed by atoms with Crippen LogP contribution in [0.1, 0.15) is 44.7 Å². The molecule has 1 saturated carbocycles. The van der Waals surface area contributed by atoms with Crippen molar-refractivity contribution in [1.82, 2.24) is 10.2 Å². The standard InChI is InChI=1S/C16H26N2/c1-16(2,3)17-11-13-5-7-14(8-6-13)12-18(4)15-9-10-15/h5-8,15,17H,9-12H2,1-4H3. The summed E-state index contributed by atoms with van der Waals surface area (Å²) in [7, 11) is 2.23. The van der Waals surface area contributed by atoms with Gasteiger partial charge in [0.25, 0.3) is 0 Å². The van der Waals surface area contributed by atoms with Gasteiger partial charge in [-0.2, -0.15) is 0 Å². The van der Waals surface area contributed by atoms with Crippen molar-refractivity contribution < 1.29 is 0 Å². The van der Waals surface area contributed by atoms with E-state index in [9.17, 15) is 0 Å². The molecule has 0 atom stereocenters. The molecule has 0 bridgehead atoms. The number of benzene rings is 1. The van der Waals surface area contributed by atoms with Gasteiger partial charge in [0.2, 0.25) is 0 Å². The molecule has 1 aliphatic carbocycles. The first-order valence-corrected chi connectivity index (χ1v) is 6.97. The van der Waals surface area contributed by atoms with E-state index in [0.29, 0.717) is 0 Å². The lowest BCUT2D eigenvalue weighted by molar-refractivity contribution is 0.316. The maximum Gasteiger partial charge on any atom is 0.0233 e. The highest BCUT2D eigenvalue weighted by molar-refractivity contribution is 5.22. The van der Waals surface area contributed by atoms with E-state index in [-0.39, 0.29) is 5.54 Å². The lowest BCUT2D eigenvalue weighted by atomic mass is 10.1. The van der Waals surface area contributed by atoms with Crippen molar-refractivity contribution in [1.29, 1.82) is 0 Å². The largest absolute Gasteiger partial charge is 0.308 e. The molecule has 0 aromatic heterocycles. The molecule has 0 spiro atoms. The van der Waals surface area contributed by atoms with Crippen molar-refractivity contribution in [3.63, 3.8) is 0 Å². The minimum atomic E-state index is 0.185. The fourth-order valence-electron chi connectivity index (χ4n) is 2.06. The molecule has 1 fully saturated rings. The minimum Gasteiger partial charge on any atom is -0.308 e. The molecule has 0 aliphatic heterocycles. The number of rotatable bonds is 5. The third-order valence-corrected chi connectivity index (χ3v) is 3.45. The molecule has 0 saturated heterocycles. The van der Waals surface area contributed by atoms with Gasteiger partial charge in [-0.15, -0.1) is 0 Å². The van der Waals surface area contributed by atoms with Crippen molar-refractivity contribution in [2.24, 2.45) is 0 Å². The van der Waals surface area contributed by atoms with Gasteiger partial charge in [-0.05, 0) is 51.8 Å². The fraction of sp³-hybridized carbons (Fsp3) is 0.625. The van der Waals surface area contributed by atoms with E-state index in [1.54, 1.807) is 0 Å². The smallest absolute Gasteiger partial charge is 0.0233 e. The van der Waals surface area contributed by atoms with Gasteiger partial charge in [0.15, 0.2) is 0 Å². The van der Waals surface area contributed by atoms with Gasteiger partial charge < -0.3 is 5.32 Å². The van der Waals surface area contributed by atoms with Crippen molar-refractivity contribution in [2.75, 3.05) is 7.05 Å². The van der Waals surface area contributed by atoms with Crippen LogP contribution in [0, 0.1) is 0 Å². The Morgan fingerprint density at radius 2 is 1.67 bits per heavy atom. The van der Waals surface area contributed by atoms with Crippen LogP contribution in [0.2, 0.25) is 0 Å². The van der Waals surface area contributed by atoms with Crippen LogP contribution >= 0.6 is 0 Å². The first-order valence-electron chi connectivity index (χ1n) is 6.97. The van der Waals surface area contributed by atoms with Gasteiger partial charge in [-0.3, -0.25) is 4.90 Å². The Hall–Kier alpha value is -0.860. The second kappa shape index (κ2) is 5.41. The second-order valence-corrected chi connectivity index (χ2v) is 6.57. The summed E-state index contributed by atoms with van der Waals surface area (Å²) in [6.45, 7) is 8.63. The van der Waals surface area contributed by atoms with Gasteiger partial charge in [0.1, 0.15) is 0 Å². The first kappa shape index (κ1) is 13.6. The number of hydrogen-bond donors (Lipinski definition) is 1. The molecule has 1 N–H and O–H groups in total. The van der Waals surface area contributed by atoms with Crippen LogP contribution in [0.4, 0.5) is 0 Å². The van der Waals surface area contributed by atoms with E-state index in [1.807, 2.05) is 0 Å². The molecule has 0 heterocycles. The van der Waals surface area contributed by atoms with Crippen LogP contribution in [0.5, 0.6) is 0 Å². The molecule has 2 rings (SSSR count). The van der Waals surface area contributed by atoms with Gasteiger partial charge in [-0.25, -0.2) is 0 Å². The van der Waals surface area contributed by atoms with Gasteiger partial charge in [0.05, 0.1) is 0 Å². The predicted molar refractivity (Wildman–Crippen MR) is 77.5 cm³/mol. The molecule has 1 aliphatic rings. The zero-order valence-corrected chi connectivity index (χ0v) is 12.2. The van der Waals surface area contributed by atoms with E-state index in [2.05, 4.69) is 62.3 Å². The van der Waals surface area contributed by atoms with Crippen molar-refractivity contribution in [3.05, 3.63) is 35.4 Å². The summed E-state index contributed by atoms with van der Waals surface area (Å²) < 4.78 is 0. The molecule has 18 heavy (non-hydrogen) atoms. The average molecular weight is 246 g/mol. The van der Waals surface area contributed by atoms with Crippen LogP contribution in [0.3, 0.4) is 0 Å². The molecule has 0 radical (unpaired) electrons. The fourth-order valence-corrected chi connectivity index (χ4v) is 2.06.